The molecule has 0 saturated heterocycles. The highest BCUT2D eigenvalue weighted by molar-refractivity contribution is 5.81. The lowest BCUT2D eigenvalue weighted by molar-refractivity contribution is 0.445. The molecule has 0 spiro atoms. The minimum atomic E-state index is 0.764. The number of hydrogen-bond donors (Lipinski definition) is 0. The van der Waals surface area contributed by atoms with E-state index in [-0.39, 0.29) is 0 Å². The smallest absolute Gasteiger partial charge is 0.134 e. The van der Waals surface area contributed by atoms with Gasteiger partial charge in [-0.05, 0) is 36.5 Å². The summed E-state index contributed by atoms with van der Waals surface area (Å²) < 4.78 is 5.45. The fraction of sp³-hybridized carbons (Fsp3) is 0.429. The van der Waals surface area contributed by atoms with Crippen LogP contribution in [-0.4, -0.2) is 0 Å². The van der Waals surface area contributed by atoms with Gasteiger partial charge in [0.2, 0.25) is 0 Å². The lowest BCUT2D eigenvalue weighted by Gasteiger charge is -2.22. The summed E-state index contributed by atoms with van der Waals surface area (Å²) in [6.45, 7) is 0. The average molecular weight is 200 g/mol. The Morgan fingerprint density at radius 2 is 1.87 bits per heavy atom. The third-order valence-corrected chi connectivity index (χ3v) is 3.57. The molecule has 1 aromatic carbocycles. The summed E-state index contributed by atoms with van der Waals surface area (Å²) >= 11 is 0. The van der Waals surface area contributed by atoms with Crippen molar-refractivity contribution in [1.82, 2.24) is 0 Å². The van der Waals surface area contributed by atoms with Crippen LogP contribution in [0.3, 0.4) is 0 Å². The largest absolute Gasteiger partial charge is 0.464 e. The van der Waals surface area contributed by atoms with Crippen molar-refractivity contribution in [3.05, 3.63) is 36.1 Å². The van der Waals surface area contributed by atoms with Crippen molar-refractivity contribution in [1.29, 1.82) is 0 Å². The van der Waals surface area contributed by atoms with Gasteiger partial charge in [-0.2, -0.15) is 0 Å². The second-order valence-electron chi connectivity index (χ2n) is 4.51. The van der Waals surface area contributed by atoms with Crippen LogP contribution >= 0.6 is 0 Å². The Kier molecular flexibility index (Phi) is 2.24. The quantitative estimate of drug-likeness (QED) is 0.661. The summed E-state index contributed by atoms with van der Waals surface area (Å²) in [6, 6.07) is 8.56. The third-order valence-electron chi connectivity index (χ3n) is 3.57. The molecule has 0 aliphatic heterocycles. The van der Waals surface area contributed by atoms with Gasteiger partial charge in [0.25, 0.3) is 0 Å². The monoisotopic (exact) mass is 200 g/mol. The molecule has 1 fully saturated rings. The van der Waals surface area contributed by atoms with E-state index in [1.165, 1.54) is 43.1 Å². The van der Waals surface area contributed by atoms with E-state index in [1.54, 1.807) is 6.26 Å². The molecule has 1 saturated carbocycles. The average Bonchev–Trinajstić information content (AvgIpc) is 2.78. The molecule has 2 aromatic rings. The Bertz CT molecular complexity index is 449. The summed E-state index contributed by atoms with van der Waals surface area (Å²) in [5.41, 5.74) is 2.54. The summed E-state index contributed by atoms with van der Waals surface area (Å²) in [4.78, 5) is 0. The summed E-state index contributed by atoms with van der Waals surface area (Å²) in [5, 5.41) is 1.32. The Morgan fingerprint density at radius 3 is 2.73 bits per heavy atom. The van der Waals surface area contributed by atoms with Crippen molar-refractivity contribution in [3.63, 3.8) is 0 Å². The number of benzene rings is 1. The van der Waals surface area contributed by atoms with Crippen LogP contribution in [-0.2, 0) is 0 Å². The first-order valence-electron chi connectivity index (χ1n) is 5.91. The molecule has 0 bridgehead atoms. The SMILES string of the molecule is c1cc(C2CCCCC2)c2ccoc2c1. The Morgan fingerprint density at radius 1 is 1.00 bits per heavy atom. The molecule has 0 atom stereocenters. The van der Waals surface area contributed by atoms with Gasteiger partial charge in [-0.1, -0.05) is 31.4 Å². The molecule has 3 rings (SSSR count). The fourth-order valence-electron chi connectivity index (χ4n) is 2.79. The predicted molar refractivity (Wildman–Crippen MR) is 62.0 cm³/mol. The molecule has 15 heavy (non-hydrogen) atoms. The predicted octanol–water partition coefficient (Wildman–Crippen LogP) is 4.48. The molecule has 1 heterocycles. The molecular formula is C14H16O. The van der Waals surface area contributed by atoms with Crippen molar-refractivity contribution >= 4 is 11.0 Å². The number of rotatable bonds is 1. The van der Waals surface area contributed by atoms with Crippen LogP contribution < -0.4 is 0 Å². The normalized spacial score (nSPS) is 18.4. The molecule has 1 aliphatic rings. The van der Waals surface area contributed by atoms with Gasteiger partial charge in [0.1, 0.15) is 5.58 Å². The van der Waals surface area contributed by atoms with E-state index in [0.29, 0.717) is 0 Å². The maximum atomic E-state index is 5.45. The first-order valence-corrected chi connectivity index (χ1v) is 5.91. The maximum Gasteiger partial charge on any atom is 0.134 e. The fourth-order valence-corrected chi connectivity index (χ4v) is 2.79. The van der Waals surface area contributed by atoms with E-state index in [0.717, 1.165) is 11.5 Å². The van der Waals surface area contributed by atoms with Crippen LogP contribution in [0.15, 0.2) is 34.9 Å². The number of fused-ring (bicyclic) bond motifs is 1. The molecule has 1 aromatic heterocycles. The highest BCUT2D eigenvalue weighted by atomic mass is 16.3. The molecule has 0 N–H and O–H groups in total. The van der Waals surface area contributed by atoms with Crippen LogP contribution in [0.2, 0.25) is 0 Å². The Hall–Kier alpha value is -1.24. The van der Waals surface area contributed by atoms with Crippen molar-refractivity contribution in [3.8, 4) is 0 Å². The van der Waals surface area contributed by atoms with Gasteiger partial charge in [0.15, 0.2) is 0 Å². The number of hydrogen-bond acceptors (Lipinski definition) is 1. The minimum Gasteiger partial charge on any atom is -0.464 e. The third kappa shape index (κ3) is 1.56. The standard InChI is InChI=1S/C14H16O/c1-2-5-11(6-3-1)12-7-4-8-14-13(12)9-10-15-14/h4,7-11H,1-3,5-6H2. The Labute approximate surface area is 90.1 Å². The van der Waals surface area contributed by atoms with Crippen molar-refractivity contribution in [2.24, 2.45) is 0 Å². The zero-order valence-electron chi connectivity index (χ0n) is 8.91. The van der Waals surface area contributed by atoms with Gasteiger partial charge in [0.05, 0.1) is 6.26 Å². The topological polar surface area (TPSA) is 13.1 Å². The van der Waals surface area contributed by atoms with Crippen molar-refractivity contribution < 1.29 is 4.42 Å². The molecule has 0 radical (unpaired) electrons. The van der Waals surface area contributed by atoms with Crippen LogP contribution in [0.4, 0.5) is 0 Å². The van der Waals surface area contributed by atoms with E-state index in [4.69, 9.17) is 4.42 Å². The van der Waals surface area contributed by atoms with Crippen LogP contribution in [0, 0.1) is 0 Å². The molecule has 1 nitrogen and oxygen atoms in total. The highest BCUT2D eigenvalue weighted by Gasteiger charge is 2.17. The summed E-state index contributed by atoms with van der Waals surface area (Å²) in [6.07, 6.45) is 8.70. The van der Waals surface area contributed by atoms with Gasteiger partial charge in [0, 0.05) is 5.39 Å². The van der Waals surface area contributed by atoms with Crippen molar-refractivity contribution in [2.75, 3.05) is 0 Å². The van der Waals surface area contributed by atoms with E-state index in [1.807, 2.05) is 0 Å². The van der Waals surface area contributed by atoms with Gasteiger partial charge in [-0.3, -0.25) is 0 Å². The Balaban J connectivity index is 2.05. The second kappa shape index (κ2) is 3.73. The second-order valence-corrected chi connectivity index (χ2v) is 4.51. The van der Waals surface area contributed by atoms with Crippen LogP contribution in [0.5, 0.6) is 0 Å². The molecule has 0 unspecified atom stereocenters. The van der Waals surface area contributed by atoms with Gasteiger partial charge in [-0.15, -0.1) is 0 Å². The molecule has 1 heteroatoms. The van der Waals surface area contributed by atoms with Gasteiger partial charge < -0.3 is 4.42 Å². The molecule has 78 valence electrons. The molecular weight excluding hydrogens is 184 g/mol. The summed E-state index contributed by atoms with van der Waals surface area (Å²) in [7, 11) is 0. The lowest BCUT2D eigenvalue weighted by atomic mass is 9.83. The van der Waals surface area contributed by atoms with E-state index in [2.05, 4.69) is 24.3 Å². The number of furan rings is 1. The highest BCUT2D eigenvalue weighted by Crippen LogP contribution is 2.36. The molecule has 1 aliphatic carbocycles. The first kappa shape index (κ1) is 9.02. The van der Waals surface area contributed by atoms with Crippen LogP contribution in [0.1, 0.15) is 43.6 Å². The zero-order valence-corrected chi connectivity index (χ0v) is 8.91. The first-order chi connectivity index (χ1) is 7.45. The van der Waals surface area contributed by atoms with E-state index < -0.39 is 0 Å². The van der Waals surface area contributed by atoms with Gasteiger partial charge in [-0.25, -0.2) is 0 Å². The minimum absolute atomic E-state index is 0.764. The lowest BCUT2D eigenvalue weighted by Crippen LogP contribution is -2.04. The summed E-state index contributed by atoms with van der Waals surface area (Å²) in [5.74, 6) is 0.764. The maximum absolute atomic E-state index is 5.45. The molecule has 0 amide bonds. The van der Waals surface area contributed by atoms with Gasteiger partial charge >= 0.3 is 0 Å². The van der Waals surface area contributed by atoms with E-state index in [9.17, 15) is 0 Å². The van der Waals surface area contributed by atoms with Crippen molar-refractivity contribution in [2.45, 2.75) is 38.0 Å². The zero-order chi connectivity index (χ0) is 10.1. The van der Waals surface area contributed by atoms with Crippen LogP contribution in [0.25, 0.3) is 11.0 Å². The van der Waals surface area contributed by atoms with E-state index >= 15 is 0 Å².